The largest absolute Gasteiger partial charge is 0.489 e. The third-order valence-electron chi connectivity index (χ3n) is 6.59. The van der Waals surface area contributed by atoms with Crippen LogP contribution >= 0.6 is 15.9 Å². The van der Waals surface area contributed by atoms with E-state index in [-0.39, 0.29) is 30.8 Å². The normalized spacial score (nSPS) is 17.7. The van der Waals surface area contributed by atoms with Crippen LogP contribution in [0, 0.1) is 0 Å². The van der Waals surface area contributed by atoms with Crippen molar-refractivity contribution in [1.29, 1.82) is 0 Å². The molecule has 13 nitrogen and oxygen atoms in total. The second-order valence-electron chi connectivity index (χ2n) is 13.1. The van der Waals surface area contributed by atoms with Crippen molar-refractivity contribution >= 4 is 63.2 Å². The number of ketones is 1. The molecule has 0 fully saturated rings. The molecule has 4 rings (SSSR count). The molecular formula is C34H43BrN4O9. The predicted molar refractivity (Wildman–Crippen MR) is 184 cm³/mol. The van der Waals surface area contributed by atoms with Crippen molar-refractivity contribution < 1.29 is 42.9 Å². The number of alkyl carbamates (subject to hydrolysis) is 2. The summed E-state index contributed by atoms with van der Waals surface area (Å²) in [4.78, 5) is 63.0. The number of carbonyl (C=O) groups excluding carboxylic acids is 5. The van der Waals surface area contributed by atoms with Gasteiger partial charge in [0.1, 0.15) is 48.0 Å². The molecule has 0 aliphatic carbocycles. The van der Waals surface area contributed by atoms with Gasteiger partial charge in [-0.15, -0.1) is 0 Å². The molecule has 0 aromatic heterocycles. The number of likely N-dealkylation sites (N-methyl/N-ethyl adjacent to an activating group) is 2. The highest BCUT2D eigenvalue weighted by molar-refractivity contribution is 9.10. The van der Waals surface area contributed by atoms with E-state index >= 15 is 0 Å². The molecule has 2 aromatic rings. The number of amides is 4. The molecular weight excluding hydrogens is 688 g/mol. The maximum absolute atomic E-state index is 12.7. The first kappa shape index (κ1) is 37.9. The van der Waals surface area contributed by atoms with Crippen LogP contribution in [0.5, 0.6) is 11.5 Å². The lowest BCUT2D eigenvalue weighted by Crippen LogP contribution is -2.50. The van der Waals surface area contributed by atoms with Crippen LogP contribution in [0.15, 0.2) is 46.9 Å². The number of nitrogens with one attached hydrogen (secondary N) is 2. The zero-order valence-electron chi connectivity index (χ0n) is 28.6. The molecule has 2 aliphatic heterocycles. The van der Waals surface area contributed by atoms with Crippen LogP contribution in [0.1, 0.15) is 54.0 Å². The van der Waals surface area contributed by atoms with Crippen LogP contribution < -0.4 is 29.9 Å². The highest BCUT2D eigenvalue weighted by Gasteiger charge is 2.33. The number of anilines is 2. The number of hydrogen-bond acceptors (Lipinski definition) is 9. The van der Waals surface area contributed by atoms with Gasteiger partial charge in [-0.25, -0.2) is 9.59 Å². The van der Waals surface area contributed by atoms with E-state index in [0.29, 0.717) is 22.9 Å². The number of hydrogen-bond donors (Lipinski definition) is 2. The van der Waals surface area contributed by atoms with Crippen molar-refractivity contribution in [2.75, 3.05) is 37.1 Å². The van der Waals surface area contributed by atoms with Crippen LogP contribution in [0.25, 0.3) is 6.08 Å². The zero-order chi connectivity index (χ0) is 36.0. The summed E-state index contributed by atoms with van der Waals surface area (Å²) in [5.74, 6) is 0.467. The van der Waals surface area contributed by atoms with Gasteiger partial charge in [-0.2, -0.15) is 0 Å². The molecule has 2 heterocycles. The minimum absolute atomic E-state index is 0.00194. The Hall–Kier alpha value is -4.59. The first-order valence-electron chi connectivity index (χ1n) is 15.2. The van der Waals surface area contributed by atoms with E-state index in [1.807, 2.05) is 6.07 Å². The smallest absolute Gasteiger partial charge is 0.408 e. The van der Waals surface area contributed by atoms with Gasteiger partial charge in [-0.1, -0.05) is 28.1 Å². The number of fused-ring (bicyclic) bond motifs is 2. The van der Waals surface area contributed by atoms with E-state index in [0.717, 1.165) is 10.0 Å². The second-order valence-corrected chi connectivity index (χ2v) is 14.0. The highest BCUT2D eigenvalue weighted by atomic mass is 79.9. The molecule has 0 spiro atoms. The highest BCUT2D eigenvalue weighted by Crippen LogP contribution is 2.34. The summed E-state index contributed by atoms with van der Waals surface area (Å²) in [6.45, 7) is 12.0. The van der Waals surface area contributed by atoms with Gasteiger partial charge in [0.15, 0.2) is 5.78 Å². The number of nitrogens with zero attached hydrogens (tertiary/aromatic N) is 2. The first-order chi connectivity index (χ1) is 22.2. The standard InChI is InChI=1S/C19H24N2O5.C15H19BrN2O4/c1-12(22)6-7-13-8-9-16-15(10-13)21(5)17(23)14(11-25-16)20-18(24)26-19(2,3)4;1-15(2,3)22-14(20)17-10-8-21-12-6-5-9(16)7-11(12)18(4)13(10)19/h6-10,14H,11H2,1-5H3,(H,20,24);5-7,10H,8H2,1-4H3,(H,17,20)/b7-6+;. The maximum atomic E-state index is 12.7. The molecule has 0 saturated heterocycles. The number of rotatable bonds is 4. The van der Waals surface area contributed by atoms with E-state index in [2.05, 4.69) is 26.6 Å². The summed E-state index contributed by atoms with van der Waals surface area (Å²) >= 11 is 3.37. The zero-order valence-corrected chi connectivity index (χ0v) is 30.2. The number of benzene rings is 2. The fraction of sp³-hybridized carbons (Fsp3) is 0.441. The number of halogens is 1. The molecule has 14 heteroatoms. The van der Waals surface area contributed by atoms with Gasteiger partial charge >= 0.3 is 12.2 Å². The quantitative estimate of drug-likeness (QED) is 0.403. The van der Waals surface area contributed by atoms with Crippen LogP contribution in [0.2, 0.25) is 0 Å². The van der Waals surface area contributed by atoms with Crippen LogP contribution in [0.3, 0.4) is 0 Å². The summed E-state index contributed by atoms with van der Waals surface area (Å²) in [7, 11) is 3.25. The number of allylic oxidation sites excluding steroid dienone is 1. The first-order valence-corrected chi connectivity index (χ1v) is 16.0. The lowest BCUT2D eigenvalue weighted by molar-refractivity contribution is -0.121. The topological polar surface area (TPSA) is 153 Å². The van der Waals surface area contributed by atoms with Gasteiger partial charge in [0.05, 0.1) is 11.4 Å². The number of carbonyl (C=O) groups is 5. The van der Waals surface area contributed by atoms with E-state index in [1.54, 1.807) is 92.0 Å². The minimum Gasteiger partial charge on any atom is -0.489 e. The lowest BCUT2D eigenvalue weighted by Gasteiger charge is -2.23. The summed E-state index contributed by atoms with van der Waals surface area (Å²) in [6, 6.07) is 9.01. The molecule has 2 aliphatic rings. The van der Waals surface area contributed by atoms with Crippen molar-refractivity contribution in [3.8, 4) is 11.5 Å². The minimum atomic E-state index is -0.863. The third kappa shape index (κ3) is 11.0. The molecule has 260 valence electrons. The van der Waals surface area contributed by atoms with Crippen molar-refractivity contribution in [2.24, 2.45) is 0 Å². The SMILES string of the molecule is CC(=O)/C=C/c1ccc2c(c1)N(C)C(=O)C(NC(=O)OC(C)(C)C)CO2.CN1C(=O)C(NC(=O)OC(C)(C)C)COc2ccc(Br)cc21. The van der Waals surface area contributed by atoms with Gasteiger partial charge in [-0.3, -0.25) is 14.4 Å². The van der Waals surface area contributed by atoms with E-state index < -0.39 is 35.5 Å². The van der Waals surface area contributed by atoms with Gasteiger partial charge in [0.25, 0.3) is 11.8 Å². The fourth-order valence-electron chi connectivity index (χ4n) is 4.41. The van der Waals surface area contributed by atoms with Crippen molar-refractivity contribution in [2.45, 2.75) is 71.8 Å². The van der Waals surface area contributed by atoms with E-state index in [9.17, 15) is 24.0 Å². The summed E-state index contributed by atoms with van der Waals surface area (Å²) in [5, 5.41) is 5.11. The van der Waals surface area contributed by atoms with Crippen molar-refractivity contribution in [1.82, 2.24) is 10.6 Å². The Morgan fingerprint density at radius 2 is 1.23 bits per heavy atom. The second kappa shape index (κ2) is 15.5. The van der Waals surface area contributed by atoms with Crippen molar-refractivity contribution in [3.63, 3.8) is 0 Å². The molecule has 4 amide bonds. The summed E-state index contributed by atoms with van der Waals surface area (Å²) in [6.07, 6.45) is 1.80. The predicted octanol–water partition coefficient (Wildman–Crippen LogP) is 5.23. The Bertz CT molecular complexity index is 1580. The lowest BCUT2D eigenvalue weighted by atomic mass is 10.1. The van der Waals surface area contributed by atoms with Gasteiger partial charge in [0.2, 0.25) is 0 Å². The Kier molecular flexibility index (Phi) is 12.3. The van der Waals surface area contributed by atoms with Crippen LogP contribution in [0.4, 0.5) is 21.0 Å². The average Bonchev–Trinajstić information content (AvgIpc) is 3.15. The van der Waals surface area contributed by atoms with Gasteiger partial charge < -0.3 is 39.4 Å². The monoisotopic (exact) mass is 730 g/mol. The molecule has 2 N–H and O–H groups in total. The maximum Gasteiger partial charge on any atom is 0.408 e. The van der Waals surface area contributed by atoms with Gasteiger partial charge in [-0.05, 0) is 90.4 Å². The summed E-state index contributed by atoms with van der Waals surface area (Å²) < 4.78 is 22.5. The molecule has 48 heavy (non-hydrogen) atoms. The Morgan fingerprint density at radius 3 is 1.67 bits per heavy atom. The Balaban J connectivity index is 0.000000264. The third-order valence-corrected chi connectivity index (χ3v) is 7.08. The Morgan fingerprint density at radius 1 is 0.792 bits per heavy atom. The molecule has 2 unspecified atom stereocenters. The number of ether oxygens (including phenoxy) is 4. The van der Waals surface area contributed by atoms with Crippen molar-refractivity contribution in [3.05, 3.63) is 52.5 Å². The molecule has 0 radical (unpaired) electrons. The molecule has 0 saturated carbocycles. The summed E-state index contributed by atoms with van der Waals surface area (Å²) in [5.41, 5.74) is 0.687. The van der Waals surface area contributed by atoms with Gasteiger partial charge in [0, 0.05) is 18.6 Å². The molecule has 2 aromatic carbocycles. The Labute approximate surface area is 289 Å². The van der Waals surface area contributed by atoms with E-state index in [4.69, 9.17) is 18.9 Å². The fourth-order valence-corrected chi connectivity index (χ4v) is 4.76. The molecule has 2 atom stereocenters. The van der Waals surface area contributed by atoms with Crippen LogP contribution in [-0.2, 0) is 23.9 Å². The molecule has 0 bridgehead atoms. The van der Waals surface area contributed by atoms with E-state index in [1.165, 1.54) is 22.8 Å². The average molecular weight is 732 g/mol. The van der Waals surface area contributed by atoms with Crippen LogP contribution in [-0.4, -0.2) is 80.4 Å².